The number of sulfonamides is 1. The molecule has 2 fully saturated rings. The van der Waals surface area contributed by atoms with E-state index in [0.717, 1.165) is 32.4 Å². The minimum atomic E-state index is -3.35. The van der Waals surface area contributed by atoms with Gasteiger partial charge in [0.25, 0.3) is 0 Å². The Labute approximate surface area is 154 Å². The van der Waals surface area contributed by atoms with Gasteiger partial charge < -0.3 is 19.8 Å². The van der Waals surface area contributed by atoms with Crippen LogP contribution in [0, 0.1) is 0 Å². The number of benzene rings is 1. The Bertz CT molecular complexity index is 679. The molecule has 3 N–H and O–H groups in total. The van der Waals surface area contributed by atoms with Gasteiger partial charge in [0.1, 0.15) is 12.2 Å². The highest BCUT2D eigenvalue weighted by Crippen LogP contribution is 2.27. The fraction of sp³-hybridized carbons (Fsp3) is 0.647. The molecule has 9 heteroatoms. The Morgan fingerprint density at radius 3 is 2.38 bits per heavy atom. The van der Waals surface area contributed by atoms with Crippen molar-refractivity contribution >= 4 is 15.7 Å². The van der Waals surface area contributed by atoms with Crippen LogP contribution in [0.5, 0.6) is 0 Å². The predicted molar refractivity (Wildman–Crippen MR) is 98.6 cm³/mol. The van der Waals surface area contributed by atoms with E-state index < -0.39 is 28.3 Å². The number of rotatable bonds is 6. The maximum absolute atomic E-state index is 11.4. The van der Waals surface area contributed by atoms with E-state index in [0.29, 0.717) is 0 Å². The maximum Gasteiger partial charge on any atom is 0.208 e. The molecule has 0 aliphatic carbocycles. The highest BCUT2D eigenvalue weighted by molar-refractivity contribution is 7.88. The van der Waals surface area contributed by atoms with Crippen molar-refractivity contribution in [2.24, 2.45) is 0 Å². The number of ether oxygens (including phenoxy) is 1. The van der Waals surface area contributed by atoms with Gasteiger partial charge in [-0.15, -0.1) is 0 Å². The zero-order valence-electron chi connectivity index (χ0n) is 14.9. The Kier molecular flexibility index (Phi) is 6.16. The fourth-order valence-corrected chi connectivity index (χ4v) is 4.21. The molecule has 1 aromatic rings. The second-order valence-corrected chi connectivity index (χ2v) is 8.69. The van der Waals surface area contributed by atoms with E-state index in [2.05, 4.69) is 26.7 Å². The summed E-state index contributed by atoms with van der Waals surface area (Å²) in [6, 6.07) is 9.80. The van der Waals surface area contributed by atoms with E-state index >= 15 is 0 Å². The van der Waals surface area contributed by atoms with Crippen LogP contribution in [0.15, 0.2) is 30.3 Å². The first kappa shape index (κ1) is 19.5. The monoisotopic (exact) mass is 385 g/mol. The summed E-state index contributed by atoms with van der Waals surface area (Å²) in [4.78, 5) is 4.42. The molecular weight excluding hydrogens is 358 g/mol. The van der Waals surface area contributed by atoms with Crippen molar-refractivity contribution < 1.29 is 23.4 Å². The van der Waals surface area contributed by atoms with Gasteiger partial charge in [-0.25, -0.2) is 13.1 Å². The lowest BCUT2D eigenvalue weighted by molar-refractivity contribution is -0.0201. The lowest BCUT2D eigenvalue weighted by atomic mass is 10.0. The minimum Gasteiger partial charge on any atom is -0.394 e. The summed E-state index contributed by atoms with van der Waals surface area (Å²) in [5.41, 5.74) is 1.17. The van der Waals surface area contributed by atoms with Crippen LogP contribution in [0.3, 0.4) is 0 Å². The quantitative estimate of drug-likeness (QED) is 0.568. The molecule has 0 saturated carbocycles. The third-order valence-corrected chi connectivity index (χ3v) is 5.74. The van der Waals surface area contributed by atoms with Crippen LogP contribution in [0.25, 0.3) is 0 Å². The Morgan fingerprint density at radius 2 is 1.81 bits per heavy atom. The number of para-hydroxylation sites is 1. The lowest BCUT2D eigenvalue weighted by Crippen LogP contribution is -2.57. The summed E-state index contributed by atoms with van der Waals surface area (Å²) in [6.45, 7) is 2.86. The van der Waals surface area contributed by atoms with Crippen LogP contribution in [-0.2, 0) is 14.8 Å². The number of aliphatic hydroxyl groups excluding tert-OH is 2. The molecule has 26 heavy (non-hydrogen) atoms. The molecule has 2 heterocycles. The van der Waals surface area contributed by atoms with Crippen molar-refractivity contribution in [2.75, 3.05) is 50.5 Å². The molecule has 8 nitrogen and oxygen atoms in total. The van der Waals surface area contributed by atoms with Gasteiger partial charge in [0.2, 0.25) is 10.0 Å². The van der Waals surface area contributed by atoms with Crippen LogP contribution in [-0.4, -0.2) is 93.5 Å². The molecule has 2 aliphatic heterocycles. The first-order valence-electron chi connectivity index (χ1n) is 8.82. The molecule has 0 aromatic heterocycles. The first-order chi connectivity index (χ1) is 12.4. The fourth-order valence-electron chi connectivity index (χ4n) is 3.75. The van der Waals surface area contributed by atoms with E-state index in [9.17, 15) is 18.6 Å². The van der Waals surface area contributed by atoms with E-state index in [1.165, 1.54) is 5.69 Å². The van der Waals surface area contributed by atoms with Crippen molar-refractivity contribution in [1.29, 1.82) is 0 Å². The Hall–Kier alpha value is -1.23. The molecule has 3 rings (SSSR count). The van der Waals surface area contributed by atoms with E-state index in [1.807, 2.05) is 18.2 Å². The largest absolute Gasteiger partial charge is 0.394 e. The highest BCUT2D eigenvalue weighted by Gasteiger charge is 2.46. The normalized spacial score (nSPS) is 30.7. The van der Waals surface area contributed by atoms with Crippen LogP contribution >= 0.6 is 0 Å². The second kappa shape index (κ2) is 8.20. The second-order valence-electron chi connectivity index (χ2n) is 6.86. The predicted octanol–water partition coefficient (Wildman–Crippen LogP) is -1.15. The molecule has 0 amide bonds. The number of hydrogen-bond donors (Lipinski definition) is 3. The van der Waals surface area contributed by atoms with Crippen LogP contribution < -0.4 is 9.62 Å². The van der Waals surface area contributed by atoms with Crippen LogP contribution in [0.4, 0.5) is 5.69 Å². The van der Waals surface area contributed by atoms with Gasteiger partial charge in [0.15, 0.2) is 0 Å². The van der Waals surface area contributed by atoms with Crippen molar-refractivity contribution in [3.05, 3.63) is 30.3 Å². The van der Waals surface area contributed by atoms with E-state index in [-0.39, 0.29) is 19.2 Å². The van der Waals surface area contributed by atoms with Crippen molar-refractivity contribution in [3.8, 4) is 0 Å². The van der Waals surface area contributed by atoms with Gasteiger partial charge >= 0.3 is 0 Å². The molecule has 2 aliphatic rings. The van der Waals surface area contributed by atoms with E-state index in [1.54, 1.807) is 0 Å². The first-order valence-corrected chi connectivity index (χ1v) is 10.7. The summed E-state index contributed by atoms with van der Waals surface area (Å²) in [5.74, 6) is 0. The smallest absolute Gasteiger partial charge is 0.208 e. The zero-order valence-corrected chi connectivity index (χ0v) is 15.7. The minimum absolute atomic E-state index is 0.0793. The van der Waals surface area contributed by atoms with Gasteiger partial charge in [0.05, 0.1) is 25.0 Å². The van der Waals surface area contributed by atoms with Crippen LogP contribution in [0.1, 0.15) is 0 Å². The van der Waals surface area contributed by atoms with Gasteiger partial charge in [-0.05, 0) is 12.1 Å². The summed E-state index contributed by atoms with van der Waals surface area (Å²) < 4.78 is 31.0. The summed E-state index contributed by atoms with van der Waals surface area (Å²) in [7, 11) is -3.35. The average Bonchev–Trinajstić information content (AvgIpc) is 2.96. The zero-order chi connectivity index (χ0) is 18.7. The highest BCUT2D eigenvalue weighted by atomic mass is 32.2. The third kappa shape index (κ3) is 4.54. The Morgan fingerprint density at radius 1 is 1.15 bits per heavy atom. The number of nitrogens with zero attached hydrogens (tertiary/aromatic N) is 2. The maximum atomic E-state index is 11.4. The van der Waals surface area contributed by atoms with Gasteiger partial charge in [0, 0.05) is 38.4 Å². The van der Waals surface area contributed by atoms with E-state index in [4.69, 9.17) is 4.74 Å². The molecule has 4 atom stereocenters. The molecule has 0 radical (unpaired) electrons. The summed E-state index contributed by atoms with van der Waals surface area (Å²) in [5, 5.41) is 20.0. The number of hydrogen-bond acceptors (Lipinski definition) is 7. The van der Waals surface area contributed by atoms with Crippen molar-refractivity contribution in [2.45, 2.75) is 24.4 Å². The third-order valence-electron chi connectivity index (χ3n) is 5.05. The number of aliphatic hydroxyl groups is 2. The number of piperazine rings is 1. The van der Waals surface area contributed by atoms with Crippen LogP contribution in [0.2, 0.25) is 0 Å². The standard InChI is InChI=1S/C17H27N3O5S/c1-26(23,24)18-11-14-16(17(22)15(12-21)25-14)20-9-7-19(8-10-20)13-5-3-2-4-6-13/h2-6,14-18,21-22H,7-12H2,1H3/t14-,15-,16+,17+/m0/s1. The molecule has 2 saturated heterocycles. The molecule has 146 valence electrons. The van der Waals surface area contributed by atoms with Crippen molar-refractivity contribution in [3.63, 3.8) is 0 Å². The molecule has 0 unspecified atom stereocenters. The van der Waals surface area contributed by atoms with Gasteiger partial charge in [-0.2, -0.15) is 0 Å². The lowest BCUT2D eigenvalue weighted by Gasteiger charge is -2.41. The van der Waals surface area contributed by atoms with Crippen molar-refractivity contribution in [1.82, 2.24) is 9.62 Å². The summed E-state index contributed by atoms with van der Waals surface area (Å²) >= 11 is 0. The SMILES string of the molecule is CS(=O)(=O)NC[C@@H]1O[C@@H](CO)[C@@H](O)[C@@H]1N1CCN(c2ccccc2)CC1. The molecule has 1 aromatic carbocycles. The van der Waals surface area contributed by atoms with Gasteiger partial charge in [-0.3, -0.25) is 4.90 Å². The number of anilines is 1. The number of nitrogens with one attached hydrogen (secondary N) is 1. The van der Waals surface area contributed by atoms with Gasteiger partial charge in [-0.1, -0.05) is 18.2 Å². The molecule has 0 bridgehead atoms. The summed E-state index contributed by atoms with van der Waals surface area (Å²) in [6.07, 6.45) is -0.955. The molecular formula is C17H27N3O5S. The molecule has 0 spiro atoms. The Balaban J connectivity index is 1.65. The average molecular weight is 385 g/mol. The topological polar surface area (TPSA) is 102 Å².